The van der Waals surface area contributed by atoms with Gasteiger partial charge in [0, 0.05) is 32.6 Å². The minimum atomic E-state index is -0.823. The molecule has 0 saturated carbocycles. The van der Waals surface area contributed by atoms with Crippen LogP contribution in [-0.4, -0.2) is 57.0 Å². The molecule has 0 aliphatic rings. The summed E-state index contributed by atoms with van der Waals surface area (Å²) in [5.74, 6) is 1.34. The van der Waals surface area contributed by atoms with Crippen LogP contribution in [0.4, 0.5) is 0 Å². The number of aliphatic hydroxyl groups is 1. The molecule has 38 heavy (non-hydrogen) atoms. The number of benzene rings is 1. The number of carbonyl (C=O) groups excluding carboxylic acids is 2. The SMILES string of the molecule is COCCCOc1cc(C[C@@H](CC[C@@H](O)C[C@H](C(=O)NCC(C)(C)C(N)=O)C(C)C)C(C)C)ccc1OC. The maximum atomic E-state index is 12.9. The van der Waals surface area contributed by atoms with Gasteiger partial charge in [0.1, 0.15) is 0 Å². The zero-order chi connectivity index (χ0) is 28.9. The molecule has 0 aliphatic heterocycles. The van der Waals surface area contributed by atoms with E-state index in [1.807, 2.05) is 26.0 Å². The minimum Gasteiger partial charge on any atom is -0.493 e. The third-order valence-electron chi connectivity index (χ3n) is 7.33. The largest absolute Gasteiger partial charge is 0.493 e. The van der Waals surface area contributed by atoms with E-state index in [2.05, 4.69) is 25.2 Å². The molecule has 1 rings (SSSR count). The molecule has 218 valence electrons. The number of amides is 2. The van der Waals surface area contributed by atoms with Crippen LogP contribution in [0.2, 0.25) is 0 Å². The van der Waals surface area contributed by atoms with Crippen LogP contribution < -0.4 is 20.5 Å². The second-order valence-electron chi connectivity index (χ2n) is 11.7. The molecule has 0 aliphatic carbocycles. The van der Waals surface area contributed by atoms with Crippen molar-refractivity contribution in [2.75, 3.05) is 34.0 Å². The molecule has 4 N–H and O–H groups in total. The molecule has 8 nitrogen and oxygen atoms in total. The second kappa shape index (κ2) is 16.6. The molecule has 2 amide bonds. The first-order valence-corrected chi connectivity index (χ1v) is 13.9. The predicted octanol–water partition coefficient (Wildman–Crippen LogP) is 4.36. The van der Waals surface area contributed by atoms with Gasteiger partial charge in [0.25, 0.3) is 0 Å². The average Bonchev–Trinajstić information content (AvgIpc) is 2.85. The van der Waals surface area contributed by atoms with Gasteiger partial charge in [-0.15, -0.1) is 0 Å². The van der Waals surface area contributed by atoms with E-state index in [0.717, 1.165) is 30.6 Å². The first kappa shape index (κ1) is 33.7. The van der Waals surface area contributed by atoms with Gasteiger partial charge in [-0.3, -0.25) is 9.59 Å². The zero-order valence-electron chi connectivity index (χ0n) is 24.8. The Morgan fingerprint density at radius 3 is 2.26 bits per heavy atom. The number of hydrogen-bond donors (Lipinski definition) is 3. The lowest BCUT2D eigenvalue weighted by molar-refractivity contribution is -0.130. The lowest BCUT2D eigenvalue weighted by Gasteiger charge is -2.27. The molecule has 0 heterocycles. The van der Waals surface area contributed by atoms with Crippen LogP contribution in [0.25, 0.3) is 0 Å². The van der Waals surface area contributed by atoms with Gasteiger partial charge in [-0.05, 0) is 75.0 Å². The fourth-order valence-corrected chi connectivity index (χ4v) is 4.35. The van der Waals surface area contributed by atoms with Gasteiger partial charge in [-0.25, -0.2) is 0 Å². The summed E-state index contributed by atoms with van der Waals surface area (Å²) in [5.41, 5.74) is 5.77. The molecular formula is C30H52N2O6. The van der Waals surface area contributed by atoms with E-state index >= 15 is 0 Å². The van der Waals surface area contributed by atoms with Crippen molar-refractivity contribution in [3.05, 3.63) is 23.8 Å². The van der Waals surface area contributed by atoms with E-state index < -0.39 is 17.4 Å². The number of hydrogen-bond acceptors (Lipinski definition) is 6. The Labute approximate surface area is 230 Å². The topological polar surface area (TPSA) is 120 Å². The Hall–Kier alpha value is -2.32. The van der Waals surface area contributed by atoms with Crippen molar-refractivity contribution >= 4 is 11.8 Å². The lowest BCUT2D eigenvalue weighted by atomic mass is 9.82. The van der Waals surface area contributed by atoms with Crippen molar-refractivity contribution in [3.8, 4) is 11.5 Å². The molecule has 1 aromatic rings. The highest BCUT2D eigenvalue weighted by atomic mass is 16.5. The summed E-state index contributed by atoms with van der Waals surface area (Å²) in [7, 11) is 3.31. The van der Waals surface area contributed by atoms with Crippen molar-refractivity contribution in [2.24, 2.45) is 34.8 Å². The standard InChI is InChI=1S/C30H52N2O6/c1-20(2)23(16-22-10-13-26(37-8)27(17-22)38-15-9-14-36-7)11-12-24(33)18-25(21(3)4)28(34)32-19-30(5,6)29(31)35/h10,13,17,20-21,23-25,33H,9,11-12,14-16,18-19H2,1-8H3,(H2,31,35)(H,32,34)/t23-,24-,25+/m1/s1. The van der Waals surface area contributed by atoms with Crippen LogP contribution in [0.15, 0.2) is 18.2 Å². The van der Waals surface area contributed by atoms with Gasteiger partial charge >= 0.3 is 0 Å². The molecule has 0 spiro atoms. The monoisotopic (exact) mass is 536 g/mol. The Morgan fingerprint density at radius 1 is 1.03 bits per heavy atom. The number of nitrogens with two attached hydrogens (primary N) is 1. The molecule has 0 unspecified atom stereocenters. The average molecular weight is 537 g/mol. The third kappa shape index (κ3) is 11.6. The zero-order valence-corrected chi connectivity index (χ0v) is 24.8. The minimum absolute atomic E-state index is 0.0591. The number of ether oxygens (including phenoxy) is 3. The van der Waals surface area contributed by atoms with Gasteiger partial charge in [0.15, 0.2) is 11.5 Å². The maximum absolute atomic E-state index is 12.9. The first-order valence-electron chi connectivity index (χ1n) is 13.9. The van der Waals surface area contributed by atoms with Crippen LogP contribution in [-0.2, 0) is 20.7 Å². The molecule has 0 fully saturated rings. The maximum Gasteiger partial charge on any atom is 0.224 e. The van der Waals surface area contributed by atoms with Crippen molar-refractivity contribution in [1.29, 1.82) is 0 Å². The summed E-state index contributed by atoms with van der Waals surface area (Å²) in [6.45, 7) is 13.2. The van der Waals surface area contributed by atoms with Crippen molar-refractivity contribution in [1.82, 2.24) is 5.32 Å². The number of nitrogens with one attached hydrogen (secondary N) is 1. The van der Waals surface area contributed by atoms with E-state index in [-0.39, 0.29) is 24.3 Å². The van der Waals surface area contributed by atoms with E-state index in [9.17, 15) is 14.7 Å². The summed E-state index contributed by atoms with van der Waals surface area (Å²) >= 11 is 0. The smallest absolute Gasteiger partial charge is 0.224 e. The summed E-state index contributed by atoms with van der Waals surface area (Å²) in [6, 6.07) is 6.06. The fourth-order valence-electron chi connectivity index (χ4n) is 4.35. The van der Waals surface area contributed by atoms with E-state index in [0.29, 0.717) is 43.6 Å². The van der Waals surface area contributed by atoms with Crippen LogP contribution in [0.5, 0.6) is 11.5 Å². The highest BCUT2D eigenvalue weighted by molar-refractivity contribution is 5.83. The van der Waals surface area contributed by atoms with Crippen LogP contribution >= 0.6 is 0 Å². The second-order valence-corrected chi connectivity index (χ2v) is 11.7. The van der Waals surface area contributed by atoms with E-state index in [1.165, 1.54) is 0 Å². The Kier molecular flexibility index (Phi) is 14.7. The van der Waals surface area contributed by atoms with Gasteiger partial charge in [-0.1, -0.05) is 33.8 Å². The highest BCUT2D eigenvalue weighted by Gasteiger charge is 2.30. The first-order chi connectivity index (χ1) is 17.8. The van der Waals surface area contributed by atoms with Gasteiger partial charge < -0.3 is 30.4 Å². The van der Waals surface area contributed by atoms with Crippen molar-refractivity contribution < 1.29 is 28.9 Å². The van der Waals surface area contributed by atoms with E-state index in [4.69, 9.17) is 19.9 Å². The number of rotatable bonds is 19. The summed E-state index contributed by atoms with van der Waals surface area (Å²) in [6.07, 6.45) is 2.91. The number of aliphatic hydroxyl groups excluding tert-OH is 1. The van der Waals surface area contributed by atoms with Crippen molar-refractivity contribution in [3.63, 3.8) is 0 Å². The lowest BCUT2D eigenvalue weighted by Crippen LogP contribution is -2.45. The van der Waals surface area contributed by atoms with Crippen molar-refractivity contribution in [2.45, 2.75) is 79.8 Å². The Balaban J connectivity index is 2.77. The molecule has 1 aromatic carbocycles. The molecule has 8 heteroatoms. The predicted molar refractivity (Wildman–Crippen MR) is 151 cm³/mol. The summed E-state index contributed by atoms with van der Waals surface area (Å²) < 4.78 is 16.5. The molecule has 0 bridgehead atoms. The highest BCUT2D eigenvalue weighted by Crippen LogP contribution is 2.32. The summed E-state index contributed by atoms with van der Waals surface area (Å²) in [5, 5.41) is 13.7. The number of methoxy groups -OCH3 is 2. The molecule has 3 atom stereocenters. The number of carbonyl (C=O) groups is 2. The van der Waals surface area contributed by atoms with Gasteiger partial charge in [-0.2, -0.15) is 0 Å². The third-order valence-corrected chi connectivity index (χ3v) is 7.33. The molecule has 0 aromatic heterocycles. The molecule has 0 radical (unpaired) electrons. The number of primary amides is 1. The molecule has 0 saturated heterocycles. The van der Waals surface area contributed by atoms with Crippen LogP contribution in [0.3, 0.4) is 0 Å². The molecular weight excluding hydrogens is 484 g/mol. The quantitative estimate of drug-likeness (QED) is 0.226. The Morgan fingerprint density at radius 2 is 1.71 bits per heavy atom. The van der Waals surface area contributed by atoms with Gasteiger partial charge in [0.2, 0.25) is 11.8 Å². The normalized spacial score (nSPS) is 14.3. The summed E-state index contributed by atoms with van der Waals surface area (Å²) in [4.78, 5) is 24.5. The Bertz CT molecular complexity index is 855. The van der Waals surface area contributed by atoms with Gasteiger partial charge in [0.05, 0.1) is 25.2 Å². The van der Waals surface area contributed by atoms with Crippen LogP contribution in [0, 0.1) is 29.1 Å². The van der Waals surface area contributed by atoms with Crippen LogP contribution in [0.1, 0.15) is 72.8 Å². The fraction of sp³-hybridized carbons (Fsp3) is 0.733. The van der Waals surface area contributed by atoms with E-state index in [1.54, 1.807) is 28.1 Å².